The van der Waals surface area contributed by atoms with E-state index in [1.165, 1.54) is 12.0 Å². The molecule has 1 atom stereocenters. The van der Waals surface area contributed by atoms with Crippen LogP contribution in [-0.4, -0.2) is 42.4 Å². The zero-order valence-electron chi connectivity index (χ0n) is 11.1. The van der Waals surface area contributed by atoms with Crippen molar-refractivity contribution in [2.45, 2.75) is 32.2 Å². The molecule has 1 aliphatic rings. The first-order valence-corrected chi connectivity index (χ1v) is 6.90. The third kappa shape index (κ3) is 3.47. The maximum absolute atomic E-state index is 9.23. The minimum atomic E-state index is 0.269. The van der Waals surface area contributed by atoms with Gasteiger partial charge in [0.1, 0.15) is 12.4 Å². The van der Waals surface area contributed by atoms with Crippen molar-refractivity contribution >= 4 is 0 Å². The minimum absolute atomic E-state index is 0.269. The number of likely N-dealkylation sites (tertiary alicyclic amines) is 1. The van der Waals surface area contributed by atoms with Crippen molar-refractivity contribution in [2.24, 2.45) is 0 Å². The molecule has 0 bridgehead atoms. The second-order valence-electron chi connectivity index (χ2n) is 4.86. The first-order valence-electron chi connectivity index (χ1n) is 6.90. The standard InChI is InChI=1S/C15H23NO2/c1-2-13-5-7-15(8-6-13)18-11-10-16-9-3-4-14(16)12-17/h5-8,14,17H,2-4,9-12H2,1H3. The van der Waals surface area contributed by atoms with Crippen LogP contribution in [0.15, 0.2) is 24.3 Å². The quantitative estimate of drug-likeness (QED) is 0.838. The molecule has 0 aromatic heterocycles. The van der Waals surface area contributed by atoms with Gasteiger partial charge in [-0.1, -0.05) is 19.1 Å². The number of ether oxygens (including phenoxy) is 1. The highest BCUT2D eigenvalue weighted by Gasteiger charge is 2.22. The number of aliphatic hydroxyl groups is 1. The van der Waals surface area contributed by atoms with Crippen molar-refractivity contribution in [1.29, 1.82) is 0 Å². The number of hydrogen-bond donors (Lipinski definition) is 1. The summed E-state index contributed by atoms with van der Waals surface area (Å²) < 4.78 is 5.74. The molecule has 1 heterocycles. The van der Waals surface area contributed by atoms with E-state index in [0.29, 0.717) is 12.6 Å². The number of nitrogens with zero attached hydrogens (tertiary/aromatic N) is 1. The molecule has 1 saturated heterocycles. The first kappa shape index (κ1) is 13.4. The molecule has 100 valence electrons. The predicted octanol–water partition coefficient (Wildman–Crippen LogP) is 2.08. The minimum Gasteiger partial charge on any atom is -0.492 e. The van der Waals surface area contributed by atoms with Crippen LogP contribution in [0.1, 0.15) is 25.3 Å². The Hall–Kier alpha value is -1.06. The Balaban J connectivity index is 1.74. The van der Waals surface area contributed by atoms with Gasteiger partial charge in [0.25, 0.3) is 0 Å². The molecular weight excluding hydrogens is 226 g/mol. The van der Waals surface area contributed by atoms with Crippen LogP contribution in [0.25, 0.3) is 0 Å². The van der Waals surface area contributed by atoms with Gasteiger partial charge in [-0.2, -0.15) is 0 Å². The lowest BCUT2D eigenvalue weighted by Gasteiger charge is -2.22. The normalized spacial score (nSPS) is 20.2. The van der Waals surface area contributed by atoms with Crippen molar-refractivity contribution in [3.05, 3.63) is 29.8 Å². The van der Waals surface area contributed by atoms with E-state index in [1.54, 1.807) is 0 Å². The van der Waals surface area contributed by atoms with E-state index in [1.807, 2.05) is 12.1 Å². The Kier molecular flexibility index (Phi) is 5.02. The molecule has 18 heavy (non-hydrogen) atoms. The van der Waals surface area contributed by atoms with E-state index in [2.05, 4.69) is 24.0 Å². The Morgan fingerprint density at radius 2 is 2.11 bits per heavy atom. The summed E-state index contributed by atoms with van der Waals surface area (Å²) in [6, 6.07) is 8.64. The van der Waals surface area contributed by atoms with Crippen LogP contribution in [-0.2, 0) is 6.42 Å². The maximum Gasteiger partial charge on any atom is 0.119 e. The average molecular weight is 249 g/mol. The van der Waals surface area contributed by atoms with E-state index >= 15 is 0 Å². The molecule has 1 N–H and O–H groups in total. The summed E-state index contributed by atoms with van der Waals surface area (Å²) in [4.78, 5) is 2.32. The molecule has 3 heteroatoms. The molecule has 1 aliphatic heterocycles. The van der Waals surface area contributed by atoms with Crippen LogP contribution in [0.3, 0.4) is 0 Å². The van der Waals surface area contributed by atoms with Crippen LogP contribution in [0.2, 0.25) is 0 Å². The van der Waals surface area contributed by atoms with Gasteiger partial charge < -0.3 is 9.84 Å². The van der Waals surface area contributed by atoms with Crippen molar-refractivity contribution in [1.82, 2.24) is 4.90 Å². The zero-order valence-corrected chi connectivity index (χ0v) is 11.1. The highest BCUT2D eigenvalue weighted by molar-refractivity contribution is 5.27. The lowest BCUT2D eigenvalue weighted by Crippen LogP contribution is -2.35. The van der Waals surface area contributed by atoms with E-state index in [4.69, 9.17) is 4.74 Å². The van der Waals surface area contributed by atoms with Crippen molar-refractivity contribution in [3.8, 4) is 5.75 Å². The van der Waals surface area contributed by atoms with Gasteiger partial charge >= 0.3 is 0 Å². The third-order valence-corrected chi connectivity index (χ3v) is 3.69. The SMILES string of the molecule is CCc1ccc(OCCN2CCCC2CO)cc1. The van der Waals surface area contributed by atoms with Crippen molar-refractivity contribution in [2.75, 3.05) is 26.3 Å². The molecule has 1 unspecified atom stereocenters. The highest BCUT2D eigenvalue weighted by atomic mass is 16.5. The van der Waals surface area contributed by atoms with Gasteiger partial charge in [0.05, 0.1) is 6.61 Å². The number of benzene rings is 1. The van der Waals surface area contributed by atoms with Gasteiger partial charge in [0, 0.05) is 12.6 Å². The lowest BCUT2D eigenvalue weighted by molar-refractivity contribution is 0.139. The first-order chi connectivity index (χ1) is 8.83. The predicted molar refractivity (Wildman–Crippen MR) is 73.0 cm³/mol. The average Bonchev–Trinajstić information content (AvgIpc) is 2.87. The maximum atomic E-state index is 9.23. The molecule has 2 rings (SSSR count). The molecule has 0 aliphatic carbocycles. The van der Waals surface area contributed by atoms with Crippen LogP contribution in [0.4, 0.5) is 0 Å². The number of aliphatic hydroxyl groups excluding tert-OH is 1. The van der Waals surface area contributed by atoms with Gasteiger partial charge in [-0.05, 0) is 43.5 Å². The van der Waals surface area contributed by atoms with Gasteiger partial charge in [0.2, 0.25) is 0 Å². The topological polar surface area (TPSA) is 32.7 Å². The smallest absolute Gasteiger partial charge is 0.119 e. The fourth-order valence-corrected chi connectivity index (χ4v) is 2.50. The van der Waals surface area contributed by atoms with Gasteiger partial charge in [0.15, 0.2) is 0 Å². The highest BCUT2D eigenvalue weighted by Crippen LogP contribution is 2.17. The van der Waals surface area contributed by atoms with E-state index in [0.717, 1.165) is 31.7 Å². The molecule has 1 aromatic carbocycles. The molecule has 0 spiro atoms. The zero-order chi connectivity index (χ0) is 12.8. The van der Waals surface area contributed by atoms with Crippen LogP contribution in [0.5, 0.6) is 5.75 Å². The van der Waals surface area contributed by atoms with Gasteiger partial charge in [-0.3, -0.25) is 4.90 Å². The molecular formula is C15H23NO2. The lowest BCUT2D eigenvalue weighted by atomic mass is 10.2. The summed E-state index contributed by atoms with van der Waals surface area (Å²) in [6.07, 6.45) is 3.37. The van der Waals surface area contributed by atoms with Crippen LogP contribution < -0.4 is 4.74 Å². The summed E-state index contributed by atoms with van der Waals surface area (Å²) in [5, 5.41) is 9.23. The summed E-state index contributed by atoms with van der Waals surface area (Å²) in [7, 11) is 0. The van der Waals surface area contributed by atoms with E-state index < -0.39 is 0 Å². The summed E-state index contributed by atoms with van der Waals surface area (Å²) in [6.45, 7) is 5.11. The second-order valence-corrected chi connectivity index (χ2v) is 4.86. The molecule has 0 amide bonds. The Morgan fingerprint density at radius 3 is 2.78 bits per heavy atom. The Morgan fingerprint density at radius 1 is 1.33 bits per heavy atom. The van der Waals surface area contributed by atoms with Gasteiger partial charge in [-0.25, -0.2) is 0 Å². The number of hydrogen-bond acceptors (Lipinski definition) is 3. The number of rotatable bonds is 6. The van der Waals surface area contributed by atoms with Crippen molar-refractivity contribution < 1.29 is 9.84 Å². The van der Waals surface area contributed by atoms with Crippen molar-refractivity contribution in [3.63, 3.8) is 0 Å². The largest absolute Gasteiger partial charge is 0.492 e. The molecule has 3 nitrogen and oxygen atoms in total. The molecule has 0 radical (unpaired) electrons. The van der Waals surface area contributed by atoms with E-state index in [-0.39, 0.29) is 6.61 Å². The number of aryl methyl sites for hydroxylation is 1. The van der Waals surface area contributed by atoms with Gasteiger partial charge in [-0.15, -0.1) is 0 Å². The fraction of sp³-hybridized carbons (Fsp3) is 0.600. The van der Waals surface area contributed by atoms with Crippen LogP contribution >= 0.6 is 0 Å². The molecule has 0 saturated carbocycles. The Bertz CT molecular complexity index is 350. The molecule has 1 fully saturated rings. The monoisotopic (exact) mass is 249 g/mol. The fourth-order valence-electron chi connectivity index (χ4n) is 2.50. The third-order valence-electron chi connectivity index (χ3n) is 3.69. The second kappa shape index (κ2) is 6.76. The van der Waals surface area contributed by atoms with Crippen LogP contribution in [0, 0.1) is 0 Å². The Labute approximate surface area is 109 Å². The molecule has 1 aromatic rings. The summed E-state index contributed by atoms with van der Waals surface area (Å²) in [5.41, 5.74) is 1.34. The van der Waals surface area contributed by atoms with E-state index in [9.17, 15) is 5.11 Å². The summed E-state index contributed by atoms with van der Waals surface area (Å²) >= 11 is 0. The summed E-state index contributed by atoms with van der Waals surface area (Å²) in [5.74, 6) is 0.937.